The first kappa shape index (κ1) is 8.87. The van der Waals surface area contributed by atoms with Crippen LogP contribution in [0.4, 0.5) is 10.5 Å². The Labute approximate surface area is 81.5 Å². The average Bonchev–Trinajstić information content (AvgIpc) is 2.00. The summed E-state index contributed by atoms with van der Waals surface area (Å²) >= 11 is 0. The molecule has 1 heterocycles. The molecular weight excluding hydrogens is 182 g/mol. The molecule has 4 heteroatoms. The second-order valence-electron chi connectivity index (χ2n) is 3.75. The van der Waals surface area contributed by atoms with Crippen LogP contribution in [0.3, 0.4) is 0 Å². The molecule has 2 N–H and O–H groups in total. The van der Waals surface area contributed by atoms with E-state index in [9.17, 15) is 9.90 Å². The van der Waals surface area contributed by atoms with Gasteiger partial charge < -0.3 is 9.84 Å². The van der Waals surface area contributed by atoms with Crippen molar-refractivity contribution in [1.29, 1.82) is 0 Å². The van der Waals surface area contributed by atoms with Gasteiger partial charge in [-0.1, -0.05) is 0 Å². The van der Waals surface area contributed by atoms with Crippen molar-refractivity contribution >= 4 is 11.8 Å². The van der Waals surface area contributed by atoms with Crippen molar-refractivity contribution < 1.29 is 14.6 Å². The second-order valence-corrected chi connectivity index (χ2v) is 3.75. The summed E-state index contributed by atoms with van der Waals surface area (Å²) in [7, 11) is 0. The van der Waals surface area contributed by atoms with Gasteiger partial charge in [-0.15, -0.1) is 0 Å². The van der Waals surface area contributed by atoms with Gasteiger partial charge >= 0.3 is 6.09 Å². The molecule has 1 aliphatic rings. The van der Waals surface area contributed by atoms with Crippen molar-refractivity contribution in [1.82, 2.24) is 0 Å². The number of amides is 1. The maximum atomic E-state index is 11.1. The number of cyclic esters (lactones) is 1. The molecule has 0 fully saturated rings. The minimum atomic E-state index is -0.647. The normalized spacial score (nSPS) is 18.0. The van der Waals surface area contributed by atoms with Crippen LogP contribution >= 0.6 is 0 Å². The molecule has 1 amide bonds. The molecule has 1 aliphatic heterocycles. The summed E-state index contributed by atoms with van der Waals surface area (Å²) < 4.78 is 5.11. The van der Waals surface area contributed by atoms with E-state index in [2.05, 4.69) is 5.32 Å². The number of hydrogen-bond acceptors (Lipinski definition) is 3. The molecule has 0 spiro atoms. The van der Waals surface area contributed by atoms with Crippen LogP contribution in [0.1, 0.15) is 19.4 Å². The van der Waals surface area contributed by atoms with Gasteiger partial charge in [0.15, 0.2) is 0 Å². The Morgan fingerprint density at radius 2 is 2.14 bits per heavy atom. The fraction of sp³-hybridized carbons (Fsp3) is 0.300. The van der Waals surface area contributed by atoms with Crippen LogP contribution < -0.4 is 5.32 Å². The lowest BCUT2D eigenvalue weighted by Gasteiger charge is -2.32. The van der Waals surface area contributed by atoms with Crippen LogP contribution in [0.15, 0.2) is 18.2 Å². The van der Waals surface area contributed by atoms with Crippen LogP contribution in [0.2, 0.25) is 0 Å². The highest BCUT2D eigenvalue weighted by Gasteiger charge is 2.33. The van der Waals surface area contributed by atoms with E-state index < -0.39 is 11.7 Å². The van der Waals surface area contributed by atoms with E-state index in [-0.39, 0.29) is 5.75 Å². The van der Waals surface area contributed by atoms with Gasteiger partial charge in [-0.25, -0.2) is 4.79 Å². The summed E-state index contributed by atoms with van der Waals surface area (Å²) in [6, 6.07) is 4.82. The number of hydrogen-bond donors (Lipinski definition) is 2. The van der Waals surface area contributed by atoms with E-state index in [1.807, 2.05) is 13.8 Å². The summed E-state index contributed by atoms with van der Waals surface area (Å²) in [5.74, 6) is 0.127. The zero-order valence-corrected chi connectivity index (χ0v) is 8.00. The molecule has 14 heavy (non-hydrogen) atoms. The lowest BCUT2D eigenvalue weighted by molar-refractivity contribution is 0.0420. The van der Waals surface area contributed by atoms with Gasteiger partial charge in [-0.2, -0.15) is 0 Å². The number of nitrogens with one attached hydrogen (secondary N) is 1. The lowest BCUT2D eigenvalue weighted by atomic mass is 9.95. The van der Waals surface area contributed by atoms with Crippen LogP contribution in [0.5, 0.6) is 5.75 Å². The van der Waals surface area contributed by atoms with Crippen molar-refractivity contribution in [2.24, 2.45) is 0 Å². The maximum Gasteiger partial charge on any atom is 0.412 e. The van der Waals surface area contributed by atoms with Crippen LogP contribution in [0, 0.1) is 0 Å². The van der Waals surface area contributed by atoms with Crippen molar-refractivity contribution in [3.63, 3.8) is 0 Å². The first-order valence-corrected chi connectivity index (χ1v) is 4.32. The van der Waals surface area contributed by atoms with Gasteiger partial charge in [0.2, 0.25) is 0 Å². The molecule has 1 aromatic carbocycles. The Morgan fingerprint density at radius 3 is 2.86 bits per heavy atom. The minimum absolute atomic E-state index is 0.127. The SMILES string of the molecule is CC1(C)OC(=O)Nc2cc(O)ccc21. The number of anilines is 1. The second kappa shape index (κ2) is 2.64. The van der Waals surface area contributed by atoms with Crippen molar-refractivity contribution in [2.75, 3.05) is 5.32 Å². The Bertz CT molecular complexity index is 398. The third-order valence-corrected chi connectivity index (χ3v) is 2.24. The van der Waals surface area contributed by atoms with Gasteiger partial charge in [0.1, 0.15) is 11.4 Å². The molecule has 0 saturated carbocycles. The van der Waals surface area contributed by atoms with Crippen molar-refractivity contribution in [2.45, 2.75) is 19.4 Å². The van der Waals surface area contributed by atoms with Gasteiger partial charge in [-0.05, 0) is 26.0 Å². The Morgan fingerprint density at radius 1 is 1.43 bits per heavy atom. The number of benzene rings is 1. The van der Waals surface area contributed by atoms with Gasteiger partial charge in [0.25, 0.3) is 0 Å². The smallest absolute Gasteiger partial charge is 0.412 e. The molecule has 74 valence electrons. The summed E-state index contributed by atoms with van der Waals surface area (Å²) in [4.78, 5) is 11.1. The van der Waals surface area contributed by atoms with Crippen LogP contribution in [-0.2, 0) is 10.3 Å². The molecule has 0 saturated heterocycles. The number of fused-ring (bicyclic) bond motifs is 1. The minimum Gasteiger partial charge on any atom is -0.508 e. The van der Waals surface area contributed by atoms with Crippen LogP contribution in [-0.4, -0.2) is 11.2 Å². The topological polar surface area (TPSA) is 58.6 Å². The predicted octanol–water partition coefficient (Wildman–Crippen LogP) is 2.19. The molecule has 0 unspecified atom stereocenters. The number of phenols is 1. The molecule has 0 aliphatic carbocycles. The quantitative estimate of drug-likeness (QED) is 0.664. The van der Waals surface area contributed by atoms with Crippen LogP contribution in [0.25, 0.3) is 0 Å². The molecule has 0 bridgehead atoms. The molecule has 0 atom stereocenters. The molecule has 0 radical (unpaired) electrons. The first-order chi connectivity index (χ1) is 6.49. The van der Waals surface area contributed by atoms with Crippen molar-refractivity contribution in [3.05, 3.63) is 23.8 Å². The predicted molar refractivity (Wildman–Crippen MR) is 51.2 cm³/mol. The third-order valence-electron chi connectivity index (χ3n) is 2.24. The fourth-order valence-corrected chi connectivity index (χ4v) is 1.58. The van der Waals surface area contributed by atoms with E-state index in [0.717, 1.165) is 5.56 Å². The number of phenolic OH excluding ortho intramolecular Hbond substituents is 1. The average molecular weight is 193 g/mol. The van der Waals surface area contributed by atoms with E-state index in [1.165, 1.54) is 6.07 Å². The Balaban J connectivity index is 2.57. The zero-order valence-electron chi connectivity index (χ0n) is 8.00. The molecule has 1 aromatic rings. The summed E-state index contributed by atoms with van der Waals surface area (Å²) in [6.45, 7) is 3.61. The summed E-state index contributed by atoms with van der Waals surface area (Å²) in [6.07, 6.45) is -0.492. The van der Waals surface area contributed by atoms with E-state index >= 15 is 0 Å². The van der Waals surface area contributed by atoms with Gasteiger partial charge in [0.05, 0.1) is 5.69 Å². The fourth-order valence-electron chi connectivity index (χ4n) is 1.58. The standard InChI is InChI=1S/C10H11NO3/c1-10(2)7-4-3-6(12)5-8(7)11-9(13)14-10/h3-5,12H,1-2H3,(H,11,13). The van der Waals surface area contributed by atoms with Gasteiger partial charge in [-0.3, -0.25) is 5.32 Å². The number of carbonyl (C=O) groups is 1. The lowest BCUT2D eigenvalue weighted by Crippen LogP contribution is -2.34. The van der Waals surface area contributed by atoms with E-state index in [1.54, 1.807) is 12.1 Å². The Hall–Kier alpha value is -1.71. The maximum absolute atomic E-state index is 11.1. The summed E-state index contributed by atoms with van der Waals surface area (Å²) in [5.41, 5.74) is 0.812. The highest BCUT2D eigenvalue weighted by Crippen LogP contribution is 2.36. The molecular formula is C10H11NO3. The first-order valence-electron chi connectivity index (χ1n) is 4.32. The van der Waals surface area contributed by atoms with Crippen molar-refractivity contribution in [3.8, 4) is 5.75 Å². The molecule has 0 aromatic heterocycles. The number of aromatic hydroxyl groups is 1. The van der Waals surface area contributed by atoms with E-state index in [0.29, 0.717) is 5.69 Å². The largest absolute Gasteiger partial charge is 0.508 e. The number of ether oxygens (including phenoxy) is 1. The highest BCUT2D eigenvalue weighted by molar-refractivity contribution is 5.89. The summed E-state index contributed by atoms with van der Waals surface area (Å²) in [5, 5.41) is 11.8. The Kier molecular flexibility index (Phi) is 1.67. The highest BCUT2D eigenvalue weighted by atomic mass is 16.6. The third kappa shape index (κ3) is 1.28. The van der Waals surface area contributed by atoms with E-state index in [4.69, 9.17) is 4.74 Å². The molecule has 2 rings (SSSR count). The number of rotatable bonds is 0. The number of carbonyl (C=O) groups excluding carboxylic acids is 1. The monoisotopic (exact) mass is 193 g/mol. The molecule has 4 nitrogen and oxygen atoms in total. The zero-order chi connectivity index (χ0) is 10.3. The van der Waals surface area contributed by atoms with Gasteiger partial charge in [0, 0.05) is 11.6 Å².